The Labute approximate surface area is 196 Å². The Morgan fingerprint density at radius 2 is 0.774 bits per heavy atom. The second-order valence-electron chi connectivity index (χ2n) is 9.76. The minimum absolute atomic E-state index is 1.05. The van der Waals surface area contributed by atoms with Crippen LogP contribution in [-0.2, 0) is 0 Å². The zero-order valence-electron chi connectivity index (χ0n) is 21.4. The van der Waals surface area contributed by atoms with Crippen molar-refractivity contribution in [1.29, 1.82) is 0 Å². The van der Waals surface area contributed by atoms with E-state index in [0.717, 1.165) is 11.2 Å². The fourth-order valence-electron chi connectivity index (χ4n) is 5.61. The summed E-state index contributed by atoms with van der Waals surface area (Å²) in [6.45, 7) is 2.25. The summed E-state index contributed by atoms with van der Waals surface area (Å²) in [6.07, 6.45) is 0. The Balaban J connectivity index is 2.27. The highest BCUT2D eigenvalue weighted by molar-refractivity contribution is 6.70. The number of fused-ring (bicyclic) bond motifs is 3. The third kappa shape index (κ3) is 2.86. The van der Waals surface area contributed by atoms with Crippen molar-refractivity contribution in [3.05, 3.63) is 5.56 Å². The SMILES string of the molecule is Bc1c(B)c(B)c(-c2c(B)c(B)c3c(oc4c(B)c(B)c(B)c(C)c43)c2B)c(B)c1B. The molecule has 1 aromatic heterocycles. The van der Waals surface area contributed by atoms with E-state index in [0.29, 0.717) is 0 Å². The molecule has 31 heavy (non-hydrogen) atoms. The molecule has 1 heterocycles. The van der Waals surface area contributed by atoms with E-state index in [1.807, 2.05) is 0 Å². The summed E-state index contributed by atoms with van der Waals surface area (Å²) in [7, 11) is 24.8. The van der Waals surface area contributed by atoms with Crippen LogP contribution in [-0.4, -0.2) is 86.3 Å². The first kappa shape index (κ1) is 22.4. The van der Waals surface area contributed by atoms with Crippen molar-refractivity contribution in [3.63, 3.8) is 0 Å². The lowest BCUT2D eigenvalue weighted by Crippen LogP contribution is -2.56. The summed E-state index contributed by atoms with van der Waals surface area (Å²) in [6, 6.07) is 0. The molecule has 0 spiro atoms. The molecule has 0 radical (unpaired) electrons. The Bertz CT molecular complexity index is 1420. The van der Waals surface area contributed by atoms with Crippen LogP contribution < -0.4 is 60.1 Å². The number of furan rings is 1. The van der Waals surface area contributed by atoms with Gasteiger partial charge in [-0.3, -0.25) is 0 Å². The van der Waals surface area contributed by atoms with Crippen LogP contribution in [0.4, 0.5) is 0 Å². The smallest absolute Gasteiger partial charge is 0.145 e. The zero-order valence-corrected chi connectivity index (χ0v) is 21.4. The average Bonchev–Trinajstić information content (AvgIpc) is 3.15. The van der Waals surface area contributed by atoms with E-state index in [9.17, 15) is 0 Å². The number of aryl methyl sites for hydroxylation is 1. The first-order valence-electron chi connectivity index (χ1n) is 11.4. The molecule has 1 nitrogen and oxygen atoms in total. The number of rotatable bonds is 1. The third-order valence-corrected chi connectivity index (χ3v) is 8.59. The number of benzene rings is 3. The largest absolute Gasteiger partial charge is 0.457 e. The van der Waals surface area contributed by atoms with E-state index < -0.39 is 0 Å². The van der Waals surface area contributed by atoms with Crippen LogP contribution in [0.1, 0.15) is 5.56 Å². The molecule has 0 aliphatic heterocycles. The summed E-state index contributed by atoms with van der Waals surface area (Å²) in [5.41, 5.74) is 21.2. The minimum atomic E-state index is 1.05. The Morgan fingerprint density at radius 3 is 1.32 bits per heavy atom. The van der Waals surface area contributed by atoms with Crippen LogP contribution in [0.5, 0.6) is 0 Å². The second kappa shape index (κ2) is 7.36. The summed E-state index contributed by atoms with van der Waals surface area (Å²) < 4.78 is 6.69. The van der Waals surface area contributed by atoms with Gasteiger partial charge < -0.3 is 4.42 Å². The second-order valence-corrected chi connectivity index (χ2v) is 9.76. The van der Waals surface area contributed by atoms with Crippen LogP contribution in [0.3, 0.4) is 0 Å². The topological polar surface area (TPSA) is 13.1 Å². The maximum Gasteiger partial charge on any atom is 0.145 e. The fraction of sp³-hybridized carbons (Fsp3) is 0.0526. The van der Waals surface area contributed by atoms with Crippen molar-refractivity contribution >= 4 is 168 Å². The standard InChI is InChI=1S/C19H25B11O/c1-2-3-6-11(24)8(21)5(4-9(22)14(27)16(29)15(28)10(4)23)12(25)19(6)31-18(3)17(30)13(26)7(2)20/h20-30H2,1H3. The van der Waals surface area contributed by atoms with Gasteiger partial charge in [-0.1, -0.05) is 38.2 Å². The highest BCUT2D eigenvalue weighted by Crippen LogP contribution is 2.27. The normalized spacial score (nSPS) is 11.5. The van der Waals surface area contributed by atoms with Gasteiger partial charge in [0.05, 0.1) is 0 Å². The monoisotopic (exact) mass is 390 g/mol. The lowest BCUT2D eigenvalue weighted by Gasteiger charge is -2.24. The van der Waals surface area contributed by atoms with Gasteiger partial charge in [-0.25, -0.2) is 0 Å². The third-order valence-electron chi connectivity index (χ3n) is 8.59. The molecule has 12 heteroatoms. The quantitative estimate of drug-likeness (QED) is 0.295. The van der Waals surface area contributed by atoms with Gasteiger partial charge in [0.2, 0.25) is 0 Å². The fourth-order valence-corrected chi connectivity index (χ4v) is 5.61. The van der Waals surface area contributed by atoms with Crippen molar-refractivity contribution in [2.24, 2.45) is 0 Å². The summed E-state index contributed by atoms with van der Waals surface area (Å²) in [5, 5.41) is 2.60. The molecule has 3 aromatic carbocycles. The van der Waals surface area contributed by atoms with Gasteiger partial charge in [0, 0.05) is 10.8 Å². The number of hydrogen-bond acceptors (Lipinski definition) is 1. The molecule has 0 amide bonds. The highest BCUT2D eigenvalue weighted by atomic mass is 16.3. The van der Waals surface area contributed by atoms with Gasteiger partial charge in [0.1, 0.15) is 97.5 Å². The summed E-state index contributed by atoms with van der Waals surface area (Å²) in [4.78, 5) is 0. The average molecular weight is 388 g/mol. The summed E-state index contributed by atoms with van der Waals surface area (Å²) >= 11 is 0. The lowest BCUT2D eigenvalue weighted by molar-refractivity contribution is 0.674. The van der Waals surface area contributed by atoms with Crippen LogP contribution in [0, 0.1) is 6.92 Å². The predicted molar refractivity (Wildman–Crippen MR) is 174 cm³/mol. The molecule has 4 aromatic rings. The van der Waals surface area contributed by atoms with Crippen LogP contribution in [0.25, 0.3) is 33.1 Å². The van der Waals surface area contributed by atoms with E-state index >= 15 is 0 Å². The molecule has 0 aliphatic rings. The van der Waals surface area contributed by atoms with Crippen LogP contribution >= 0.6 is 0 Å². The van der Waals surface area contributed by atoms with E-state index in [4.69, 9.17) is 4.42 Å². The molecule has 0 aliphatic carbocycles. The van der Waals surface area contributed by atoms with Crippen molar-refractivity contribution in [2.45, 2.75) is 6.92 Å². The number of hydrogen-bond donors (Lipinski definition) is 0. The molecule has 0 saturated carbocycles. The molecule has 0 unspecified atom stereocenters. The van der Waals surface area contributed by atoms with Crippen molar-refractivity contribution in [3.8, 4) is 11.1 Å². The first-order valence-corrected chi connectivity index (χ1v) is 11.4. The molecule has 0 fully saturated rings. The molecular formula is C19H25B11O. The minimum Gasteiger partial charge on any atom is -0.457 e. The van der Waals surface area contributed by atoms with Gasteiger partial charge in [0.25, 0.3) is 0 Å². The summed E-state index contributed by atoms with van der Waals surface area (Å²) in [5.74, 6) is 0. The zero-order chi connectivity index (χ0) is 23.1. The Kier molecular flexibility index (Phi) is 5.31. The van der Waals surface area contributed by atoms with E-state index in [1.165, 1.54) is 87.6 Å². The van der Waals surface area contributed by atoms with Crippen molar-refractivity contribution in [2.75, 3.05) is 0 Å². The lowest BCUT2D eigenvalue weighted by atomic mass is 9.57. The molecular weight excluding hydrogens is 363 g/mol. The van der Waals surface area contributed by atoms with E-state index in [-0.39, 0.29) is 0 Å². The highest BCUT2D eigenvalue weighted by Gasteiger charge is 2.24. The molecule has 140 valence electrons. The maximum atomic E-state index is 6.69. The van der Waals surface area contributed by atoms with Gasteiger partial charge >= 0.3 is 0 Å². The molecule has 0 bridgehead atoms. The molecule has 0 atom stereocenters. The predicted octanol–water partition coefficient (Wildman–Crippen LogP) is -13.6. The van der Waals surface area contributed by atoms with Gasteiger partial charge in [-0.05, 0) is 29.1 Å². The van der Waals surface area contributed by atoms with Gasteiger partial charge in [-0.15, -0.1) is 16.4 Å². The van der Waals surface area contributed by atoms with Crippen LogP contribution in [0.2, 0.25) is 0 Å². The molecule has 0 N–H and O–H groups in total. The van der Waals surface area contributed by atoms with E-state index in [2.05, 4.69) is 93.2 Å². The molecule has 4 rings (SSSR count). The first-order chi connectivity index (χ1) is 14.4. The Hall–Kier alpha value is -1.83. The van der Waals surface area contributed by atoms with Crippen molar-refractivity contribution in [1.82, 2.24) is 0 Å². The molecule has 0 saturated heterocycles. The van der Waals surface area contributed by atoms with Crippen LogP contribution in [0.15, 0.2) is 4.42 Å². The van der Waals surface area contributed by atoms with Crippen molar-refractivity contribution < 1.29 is 4.42 Å². The van der Waals surface area contributed by atoms with E-state index in [1.54, 1.807) is 0 Å². The Morgan fingerprint density at radius 1 is 0.387 bits per heavy atom. The maximum absolute atomic E-state index is 6.69. The van der Waals surface area contributed by atoms with Gasteiger partial charge in [-0.2, -0.15) is 0 Å². The van der Waals surface area contributed by atoms with Gasteiger partial charge in [0.15, 0.2) is 0 Å².